The number of nitrogens with one attached hydrogen (secondary N) is 2. The zero-order chi connectivity index (χ0) is 16.5. The van der Waals surface area contributed by atoms with Crippen LogP contribution < -0.4 is 16.4 Å². The van der Waals surface area contributed by atoms with Gasteiger partial charge in [-0.1, -0.05) is 44.2 Å². The van der Waals surface area contributed by atoms with Crippen LogP contribution in [0.2, 0.25) is 0 Å². The Labute approximate surface area is 143 Å². The minimum atomic E-state index is -0.606. The molecule has 4 N–H and O–H groups in total. The highest BCUT2D eigenvalue weighted by Crippen LogP contribution is 2.08. The van der Waals surface area contributed by atoms with Gasteiger partial charge < -0.3 is 21.1 Å². The molecule has 0 aliphatic heterocycles. The summed E-state index contributed by atoms with van der Waals surface area (Å²) in [6, 6.07) is 8.65. The average Bonchev–Trinajstić information content (AvgIpc) is 2.50. The van der Waals surface area contributed by atoms with Crippen molar-refractivity contribution < 1.29 is 14.3 Å². The maximum atomic E-state index is 12.2. The molecule has 0 saturated carbocycles. The summed E-state index contributed by atoms with van der Waals surface area (Å²) in [4.78, 5) is 23.8. The molecule has 1 aromatic carbocycles. The molecule has 7 heteroatoms. The molecule has 0 radical (unpaired) electrons. The summed E-state index contributed by atoms with van der Waals surface area (Å²) < 4.78 is 4.76. The van der Waals surface area contributed by atoms with E-state index in [0.29, 0.717) is 6.54 Å². The Morgan fingerprint density at radius 2 is 1.83 bits per heavy atom. The van der Waals surface area contributed by atoms with E-state index in [1.807, 2.05) is 44.2 Å². The van der Waals surface area contributed by atoms with Crippen molar-refractivity contribution in [1.82, 2.24) is 10.6 Å². The second-order valence-corrected chi connectivity index (χ2v) is 5.48. The molecule has 0 fully saturated rings. The molecular formula is C16H26ClN3O3. The van der Waals surface area contributed by atoms with Gasteiger partial charge in [-0.2, -0.15) is 0 Å². The molecule has 1 rings (SSSR count). The lowest BCUT2D eigenvalue weighted by Crippen LogP contribution is -2.51. The van der Waals surface area contributed by atoms with E-state index < -0.39 is 6.04 Å². The van der Waals surface area contributed by atoms with E-state index >= 15 is 0 Å². The van der Waals surface area contributed by atoms with Crippen LogP contribution in [-0.2, 0) is 14.3 Å². The van der Waals surface area contributed by atoms with Crippen molar-refractivity contribution in [2.45, 2.75) is 25.9 Å². The molecular weight excluding hydrogens is 318 g/mol. The molecule has 0 heterocycles. The number of rotatable bonds is 8. The summed E-state index contributed by atoms with van der Waals surface area (Å²) in [5.41, 5.74) is 7.00. The number of methoxy groups -OCH3 is 1. The zero-order valence-electron chi connectivity index (χ0n) is 13.7. The predicted molar refractivity (Wildman–Crippen MR) is 92.3 cm³/mol. The van der Waals surface area contributed by atoms with Crippen LogP contribution in [-0.4, -0.2) is 38.1 Å². The smallest absolute Gasteiger partial charge is 0.246 e. The standard InChI is InChI=1S/C16H25N3O3.ClH/c1-11(2)15(19-14(20)10-22-3)16(21)18-9-13(17)12-7-5-4-6-8-12;/h4-8,11,13,15H,9-10,17H2,1-3H3,(H,18,21)(H,19,20);1H/t13?,15-;/m0./s1. The van der Waals surface area contributed by atoms with Gasteiger partial charge in [0.25, 0.3) is 0 Å². The van der Waals surface area contributed by atoms with Crippen LogP contribution in [0.15, 0.2) is 30.3 Å². The number of halogens is 1. The Morgan fingerprint density at radius 1 is 1.22 bits per heavy atom. The molecule has 0 bridgehead atoms. The number of ether oxygens (including phenoxy) is 1. The van der Waals surface area contributed by atoms with Crippen molar-refractivity contribution in [3.8, 4) is 0 Å². The van der Waals surface area contributed by atoms with Gasteiger partial charge in [-0.05, 0) is 11.5 Å². The van der Waals surface area contributed by atoms with Crippen molar-refractivity contribution in [3.05, 3.63) is 35.9 Å². The van der Waals surface area contributed by atoms with Crippen molar-refractivity contribution in [1.29, 1.82) is 0 Å². The van der Waals surface area contributed by atoms with E-state index in [2.05, 4.69) is 10.6 Å². The Morgan fingerprint density at radius 3 is 2.35 bits per heavy atom. The number of hydrogen-bond donors (Lipinski definition) is 3. The van der Waals surface area contributed by atoms with Gasteiger partial charge in [-0.15, -0.1) is 12.4 Å². The van der Waals surface area contributed by atoms with Gasteiger partial charge in [-0.3, -0.25) is 9.59 Å². The third-order valence-electron chi connectivity index (χ3n) is 3.26. The SMILES string of the molecule is COCC(=O)N[C@H](C(=O)NCC(N)c1ccccc1)C(C)C.Cl. The van der Waals surface area contributed by atoms with Crippen LogP contribution in [0, 0.1) is 5.92 Å². The summed E-state index contributed by atoms with van der Waals surface area (Å²) in [6.45, 7) is 3.98. The predicted octanol–water partition coefficient (Wildman–Crippen LogP) is 1.01. The summed E-state index contributed by atoms with van der Waals surface area (Å²) in [6.07, 6.45) is 0. The number of carbonyl (C=O) groups excluding carboxylic acids is 2. The number of amides is 2. The molecule has 2 atom stereocenters. The van der Waals surface area contributed by atoms with E-state index in [0.717, 1.165) is 5.56 Å². The van der Waals surface area contributed by atoms with Gasteiger partial charge in [0, 0.05) is 19.7 Å². The second kappa shape index (κ2) is 11.0. The molecule has 130 valence electrons. The van der Waals surface area contributed by atoms with Gasteiger partial charge in [0.1, 0.15) is 12.6 Å². The Balaban J connectivity index is 0.00000484. The molecule has 6 nitrogen and oxygen atoms in total. The first-order chi connectivity index (χ1) is 10.5. The quantitative estimate of drug-likeness (QED) is 0.656. The number of carbonyl (C=O) groups is 2. The molecule has 0 aliphatic rings. The van der Waals surface area contributed by atoms with Crippen LogP contribution in [0.3, 0.4) is 0 Å². The first-order valence-electron chi connectivity index (χ1n) is 7.32. The number of benzene rings is 1. The second-order valence-electron chi connectivity index (χ2n) is 5.48. The van der Waals surface area contributed by atoms with Gasteiger partial charge in [0.05, 0.1) is 0 Å². The van der Waals surface area contributed by atoms with Gasteiger partial charge in [0.2, 0.25) is 11.8 Å². The molecule has 0 aliphatic carbocycles. The van der Waals surface area contributed by atoms with E-state index in [4.69, 9.17) is 10.5 Å². The average molecular weight is 344 g/mol. The monoisotopic (exact) mass is 343 g/mol. The molecule has 1 unspecified atom stereocenters. The van der Waals surface area contributed by atoms with Crippen molar-refractivity contribution in [3.63, 3.8) is 0 Å². The highest BCUT2D eigenvalue weighted by Gasteiger charge is 2.24. The number of hydrogen-bond acceptors (Lipinski definition) is 4. The van der Waals surface area contributed by atoms with E-state index in [9.17, 15) is 9.59 Å². The summed E-state index contributed by atoms with van der Waals surface area (Å²) in [5.74, 6) is -0.594. The molecule has 1 aromatic rings. The van der Waals surface area contributed by atoms with E-state index in [1.54, 1.807) is 0 Å². The van der Waals surface area contributed by atoms with Crippen LogP contribution in [0.5, 0.6) is 0 Å². The zero-order valence-corrected chi connectivity index (χ0v) is 14.6. The van der Waals surface area contributed by atoms with Crippen molar-refractivity contribution in [2.24, 2.45) is 11.7 Å². The summed E-state index contributed by atoms with van der Waals surface area (Å²) >= 11 is 0. The number of nitrogens with two attached hydrogens (primary N) is 1. The molecule has 0 saturated heterocycles. The van der Waals surface area contributed by atoms with Gasteiger partial charge in [0.15, 0.2) is 0 Å². The first-order valence-corrected chi connectivity index (χ1v) is 7.32. The van der Waals surface area contributed by atoms with Gasteiger partial charge in [-0.25, -0.2) is 0 Å². The lowest BCUT2D eigenvalue weighted by Gasteiger charge is -2.22. The van der Waals surface area contributed by atoms with Crippen LogP contribution in [0.4, 0.5) is 0 Å². The fourth-order valence-corrected chi connectivity index (χ4v) is 2.02. The molecule has 0 spiro atoms. The minimum Gasteiger partial charge on any atom is -0.375 e. The highest BCUT2D eigenvalue weighted by atomic mass is 35.5. The van der Waals surface area contributed by atoms with Crippen LogP contribution in [0.1, 0.15) is 25.5 Å². The molecule has 0 aromatic heterocycles. The Kier molecular flexibility index (Phi) is 10.2. The third kappa shape index (κ3) is 7.45. The summed E-state index contributed by atoms with van der Waals surface area (Å²) in [7, 11) is 1.43. The van der Waals surface area contributed by atoms with Crippen LogP contribution in [0.25, 0.3) is 0 Å². The third-order valence-corrected chi connectivity index (χ3v) is 3.26. The lowest BCUT2D eigenvalue weighted by molar-refractivity contribution is -0.132. The Hall–Kier alpha value is -1.63. The maximum absolute atomic E-state index is 12.2. The maximum Gasteiger partial charge on any atom is 0.246 e. The fourth-order valence-electron chi connectivity index (χ4n) is 2.02. The van der Waals surface area contributed by atoms with Crippen molar-refractivity contribution in [2.75, 3.05) is 20.3 Å². The van der Waals surface area contributed by atoms with E-state index in [-0.39, 0.29) is 42.8 Å². The first kappa shape index (κ1) is 21.4. The molecule has 2 amide bonds. The summed E-state index contributed by atoms with van der Waals surface area (Å²) in [5, 5.41) is 5.45. The topological polar surface area (TPSA) is 93.4 Å². The lowest BCUT2D eigenvalue weighted by atomic mass is 10.0. The minimum absolute atomic E-state index is 0. The highest BCUT2D eigenvalue weighted by molar-refractivity contribution is 5.88. The van der Waals surface area contributed by atoms with Gasteiger partial charge >= 0.3 is 0 Å². The fraction of sp³-hybridized carbons (Fsp3) is 0.500. The van der Waals surface area contributed by atoms with Crippen molar-refractivity contribution >= 4 is 24.2 Å². The largest absolute Gasteiger partial charge is 0.375 e. The normalized spacial score (nSPS) is 12.9. The Bertz CT molecular complexity index is 483. The van der Waals surface area contributed by atoms with Crippen LogP contribution >= 0.6 is 12.4 Å². The van der Waals surface area contributed by atoms with E-state index in [1.165, 1.54) is 7.11 Å². The molecule has 23 heavy (non-hydrogen) atoms.